The summed E-state index contributed by atoms with van der Waals surface area (Å²) in [6.07, 6.45) is -0.203. The number of aliphatic hydroxyl groups is 2. The first-order valence-corrected chi connectivity index (χ1v) is 4.88. The van der Waals surface area contributed by atoms with Crippen molar-refractivity contribution in [2.45, 2.75) is 51.9 Å². The number of aliphatic hydroxyl groups excluding tert-OH is 2. The van der Waals surface area contributed by atoms with Crippen LogP contribution in [0.1, 0.15) is 33.6 Å². The summed E-state index contributed by atoms with van der Waals surface area (Å²) in [7, 11) is 0. The molecule has 0 saturated carbocycles. The predicted octanol–water partition coefficient (Wildman–Crippen LogP) is 0.933. The van der Waals surface area contributed by atoms with Gasteiger partial charge in [-0.2, -0.15) is 0 Å². The summed E-state index contributed by atoms with van der Waals surface area (Å²) in [6.45, 7) is 6.86. The van der Waals surface area contributed by atoms with Crippen LogP contribution in [-0.2, 0) is 4.74 Å². The van der Waals surface area contributed by atoms with Gasteiger partial charge in [0.25, 0.3) is 0 Å². The molecule has 1 aliphatic heterocycles. The SMILES string of the molecule is CC(C)(C)C[C@H]1OCC[C@@H](O)[C@H]1O. The maximum absolute atomic E-state index is 9.63. The molecule has 1 rings (SSSR count). The Hall–Kier alpha value is -0.120. The van der Waals surface area contributed by atoms with Gasteiger partial charge in [-0.15, -0.1) is 0 Å². The molecule has 3 atom stereocenters. The molecule has 1 heterocycles. The van der Waals surface area contributed by atoms with Gasteiger partial charge in [0, 0.05) is 6.61 Å². The number of hydrogen-bond donors (Lipinski definition) is 2. The zero-order valence-corrected chi connectivity index (χ0v) is 8.66. The molecule has 0 aromatic carbocycles. The number of hydrogen-bond acceptors (Lipinski definition) is 3. The van der Waals surface area contributed by atoms with Crippen molar-refractivity contribution in [1.82, 2.24) is 0 Å². The second kappa shape index (κ2) is 3.95. The van der Waals surface area contributed by atoms with Gasteiger partial charge in [-0.25, -0.2) is 0 Å². The third-order valence-electron chi connectivity index (χ3n) is 2.33. The van der Waals surface area contributed by atoms with E-state index in [4.69, 9.17) is 4.74 Å². The molecule has 3 heteroatoms. The van der Waals surface area contributed by atoms with Crippen LogP contribution in [0.15, 0.2) is 0 Å². The number of rotatable bonds is 1. The molecule has 13 heavy (non-hydrogen) atoms. The van der Waals surface area contributed by atoms with Crippen LogP contribution in [0.5, 0.6) is 0 Å². The van der Waals surface area contributed by atoms with Gasteiger partial charge in [0.15, 0.2) is 0 Å². The molecule has 2 N–H and O–H groups in total. The molecular formula is C10H20O3. The molecule has 1 fully saturated rings. The smallest absolute Gasteiger partial charge is 0.106 e. The maximum atomic E-state index is 9.63. The van der Waals surface area contributed by atoms with Crippen LogP contribution >= 0.6 is 0 Å². The molecule has 0 amide bonds. The minimum Gasteiger partial charge on any atom is -0.390 e. The van der Waals surface area contributed by atoms with E-state index in [0.717, 1.165) is 6.42 Å². The number of ether oxygens (including phenoxy) is 1. The molecule has 0 spiro atoms. The summed E-state index contributed by atoms with van der Waals surface area (Å²) in [5, 5.41) is 19.0. The topological polar surface area (TPSA) is 49.7 Å². The summed E-state index contributed by atoms with van der Waals surface area (Å²) < 4.78 is 5.43. The Morgan fingerprint density at radius 1 is 1.31 bits per heavy atom. The van der Waals surface area contributed by atoms with Crippen molar-refractivity contribution in [3.63, 3.8) is 0 Å². The van der Waals surface area contributed by atoms with Gasteiger partial charge in [-0.05, 0) is 18.3 Å². The first-order valence-electron chi connectivity index (χ1n) is 4.88. The fourth-order valence-corrected chi connectivity index (χ4v) is 1.64. The lowest BCUT2D eigenvalue weighted by atomic mass is 9.85. The van der Waals surface area contributed by atoms with E-state index in [0.29, 0.717) is 13.0 Å². The third kappa shape index (κ3) is 3.25. The second-order valence-corrected chi connectivity index (χ2v) is 5.02. The summed E-state index contributed by atoms with van der Waals surface area (Å²) in [4.78, 5) is 0. The van der Waals surface area contributed by atoms with Crippen molar-refractivity contribution in [2.24, 2.45) is 5.41 Å². The van der Waals surface area contributed by atoms with E-state index in [9.17, 15) is 10.2 Å². The first-order chi connectivity index (χ1) is 5.90. The lowest BCUT2D eigenvalue weighted by Crippen LogP contribution is -2.45. The molecule has 0 radical (unpaired) electrons. The molecule has 1 aliphatic rings. The molecule has 0 aliphatic carbocycles. The van der Waals surface area contributed by atoms with Crippen molar-refractivity contribution >= 4 is 0 Å². The van der Waals surface area contributed by atoms with Crippen LogP contribution in [0.25, 0.3) is 0 Å². The van der Waals surface area contributed by atoms with Crippen LogP contribution in [0.2, 0.25) is 0 Å². The Bertz CT molecular complexity index is 162. The standard InChI is InChI=1S/C10H20O3/c1-10(2,3)6-8-9(12)7(11)4-5-13-8/h7-9,11-12H,4-6H2,1-3H3/t7-,8-,9-/m1/s1. The highest BCUT2D eigenvalue weighted by Gasteiger charge is 2.33. The minimum absolute atomic E-state index is 0.128. The van der Waals surface area contributed by atoms with Crippen LogP contribution in [0, 0.1) is 5.41 Å². The zero-order valence-electron chi connectivity index (χ0n) is 8.66. The zero-order chi connectivity index (χ0) is 10.1. The van der Waals surface area contributed by atoms with E-state index < -0.39 is 12.2 Å². The highest BCUT2D eigenvalue weighted by Crippen LogP contribution is 2.27. The molecule has 0 aromatic heterocycles. The van der Waals surface area contributed by atoms with Crippen molar-refractivity contribution in [3.8, 4) is 0 Å². The molecule has 3 nitrogen and oxygen atoms in total. The highest BCUT2D eigenvalue weighted by atomic mass is 16.5. The molecule has 78 valence electrons. The monoisotopic (exact) mass is 188 g/mol. The van der Waals surface area contributed by atoms with Gasteiger partial charge in [0.2, 0.25) is 0 Å². The van der Waals surface area contributed by atoms with Crippen LogP contribution in [0.3, 0.4) is 0 Å². The fraction of sp³-hybridized carbons (Fsp3) is 1.00. The third-order valence-corrected chi connectivity index (χ3v) is 2.33. The van der Waals surface area contributed by atoms with E-state index in [-0.39, 0.29) is 11.5 Å². The predicted molar refractivity (Wildman–Crippen MR) is 50.4 cm³/mol. The van der Waals surface area contributed by atoms with E-state index in [1.807, 2.05) is 0 Å². The van der Waals surface area contributed by atoms with Crippen molar-refractivity contribution in [2.75, 3.05) is 6.61 Å². The molecule has 0 unspecified atom stereocenters. The Morgan fingerprint density at radius 3 is 2.46 bits per heavy atom. The Morgan fingerprint density at radius 2 is 1.92 bits per heavy atom. The van der Waals surface area contributed by atoms with E-state index >= 15 is 0 Å². The van der Waals surface area contributed by atoms with Crippen LogP contribution in [0.4, 0.5) is 0 Å². The van der Waals surface area contributed by atoms with Gasteiger partial charge in [0.05, 0.1) is 12.2 Å². The average molecular weight is 188 g/mol. The lowest BCUT2D eigenvalue weighted by Gasteiger charge is -2.35. The molecule has 1 saturated heterocycles. The normalized spacial score (nSPS) is 36.2. The van der Waals surface area contributed by atoms with E-state index in [2.05, 4.69) is 20.8 Å². The fourth-order valence-electron chi connectivity index (χ4n) is 1.64. The van der Waals surface area contributed by atoms with Crippen molar-refractivity contribution < 1.29 is 14.9 Å². The Kier molecular flexibility index (Phi) is 3.33. The van der Waals surface area contributed by atoms with Crippen molar-refractivity contribution in [3.05, 3.63) is 0 Å². The largest absolute Gasteiger partial charge is 0.390 e. The highest BCUT2D eigenvalue weighted by molar-refractivity contribution is 4.83. The Balaban J connectivity index is 2.49. The quantitative estimate of drug-likeness (QED) is 0.643. The second-order valence-electron chi connectivity index (χ2n) is 5.02. The summed E-state index contributed by atoms with van der Waals surface area (Å²) in [6, 6.07) is 0. The summed E-state index contributed by atoms with van der Waals surface area (Å²) in [5.74, 6) is 0. The Labute approximate surface area is 79.7 Å². The summed E-state index contributed by atoms with van der Waals surface area (Å²) >= 11 is 0. The van der Waals surface area contributed by atoms with Gasteiger partial charge in [-0.1, -0.05) is 20.8 Å². The van der Waals surface area contributed by atoms with Gasteiger partial charge in [-0.3, -0.25) is 0 Å². The summed E-state index contributed by atoms with van der Waals surface area (Å²) in [5.41, 5.74) is 0.128. The van der Waals surface area contributed by atoms with Crippen LogP contribution in [-0.4, -0.2) is 35.1 Å². The van der Waals surface area contributed by atoms with E-state index in [1.165, 1.54) is 0 Å². The van der Waals surface area contributed by atoms with Gasteiger partial charge < -0.3 is 14.9 Å². The maximum Gasteiger partial charge on any atom is 0.106 e. The van der Waals surface area contributed by atoms with Gasteiger partial charge >= 0.3 is 0 Å². The van der Waals surface area contributed by atoms with Crippen molar-refractivity contribution in [1.29, 1.82) is 0 Å². The molecular weight excluding hydrogens is 168 g/mol. The average Bonchev–Trinajstić information content (AvgIpc) is 1.96. The van der Waals surface area contributed by atoms with Gasteiger partial charge in [0.1, 0.15) is 6.10 Å². The first kappa shape index (κ1) is 11.0. The minimum atomic E-state index is -0.715. The van der Waals surface area contributed by atoms with E-state index in [1.54, 1.807) is 0 Å². The van der Waals surface area contributed by atoms with Crippen LogP contribution < -0.4 is 0 Å². The molecule has 0 aromatic rings. The molecule has 0 bridgehead atoms. The lowest BCUT2D eigenvalue weighted by molar-refractivity contribution is -0.144.